The van der Waals surface area contributed by atoms with Crippen LogP contribution in [-0.4, -0.2) is 16.9 Å². The van der Waals surface area contributed by atoms with E-state index in [-0.39, 0.29) is 12.0 Å². The van der Waals surface area contributed by atoms with E-state index in [0.717, 1.165) is 16.5 Å². The Hall–Kier alpha value is -1.35. The molecule has 0 bridgehead atoms. The molecule has 1 aromatic carbocycles. The highest BCUT2D eigenvalue weighted by Crippen LogP contribution is 2.25. The normalized spacial score (nSPS) is 12.2. The lowest BCUT2D eigenvalue weighted by atomic mass is 9.85. The van der Waals surface area contributed by atoms with Crippen molar-refractivity contribution in [2.45, 2.75) is 19.3 Å². The topological polar surface area (TPSA) is 46.3 Å². The van der Waals surface area contributed by atoms with Crippen LogP contribution in [0, 0.1) is 0 Å². The Morgan fingerprint density at radius 3 is 2.93 bits per heavy atom. The Morgan fingerprint density at radius 1 is 1.43 bits per heavy atom. The molecule has 0 fully saturated rings. The molecule has 0 unspecified atom stereocenters. The van der Waals surface area contributed by atoms with Crippen molar-refractivity contribution in [3.63, 3.8) is 0 Å². The van der Waals surface area contributed by atoms with Crippen LogP contribution < -0.4 is 0 Å². The van der Waals surface area contributed by atoms with Crippen LogP contribution in [0.2, 0.25) is 0 Å². The molecule has 0 saturated carbocycles. The smallest absolute Gasteiger partial charge is 0.167 e. The Bertz CT molecular complexity index is 445. The standard InChI is InChI=1S/C11H13NO2/c1-11(2,7-13)9-4-3-8-6-12-14-10(8)5-9/h3-6,13H,7H2,1-2H3. The van der Waals surface area contributed by atoms with E-state index in [1.165, 1.54) is 0 Å². The Morgan fingerprint density at radius 2 is 2.21 bits per heavy atom. The third-order valence-corrected chi connectivity index (χ3v) is 2.53. The molecule has 0 saturated heterocycles. The first kappa shape index (κ1) is 9.21. The number of aliphatic hydroxyl groups excluding tert-OH is 1. The fraction of sp³-hybridized carbons (Fsp3) is 0.364. The summed E-state index contributed by atoms with van der Waals surface area (Å²) in [5.41, 5.74) is 1.59. The predicted octanol–water partition coefficient (Wildman–Crippen LogP) is 2.10. The van der Waals surface area contributed by atoms with Gasteiger partial charge in [-0.15, -0.1) is 0 Å². The van der Waals surface area contributed by atoms with Crippen molar-refractivity contribution in [3.8, 4) is 0 Å². The molecular weight excluding hydrogens is 178 g/mol. The second-order valence-corrected chi connectivity index (χ2v) is 4.12. The van der Waals surface area contributed by atoms with Gasteiger partial charge >= 0.3 is 0 Å². The third-order valence-electron chi connectivity index (χ3n) is 2.53. The Balaban J connectivity index is 2.53. The molecule has 2 rings (SSSR count). The Labute approximate surface area is 82.3 Å². The van der Waals surface area contributed by atoms with Gasteiger partial charge in [-0.05, 0) is 17.7 Å². The molecule has 1 aromatic heterocycles. The van der Waals surface area contributed by atoms with E-state index in [0.29, 0.717) is 0 Å². The lowest BCUT2D eigenvalue weighted by Crippen LogP contribution is -2.21. The summed E-state index contributed by atoms with van der Waals surface area (Å²) in [6, 6.07) is 5.88. The van der Waals surface area contributed by atoms with Crippen molar-refractivity contribution >= 4 is 11.0 Å². The Kier molecular flexibility index (Phi) is 2.04. The first-order valence-corrected chi connectivity index (χ1v) is 4.59. The predicted molar refractivity (Wildman–Crippen MR) is 54.1 cm³/mol. The van der Waals surface area contributed by atoms with Crippen molar-refractivity contribution in [2.75, 3.05) is 6.61 Å². The average molecular weight is 191 g/mol. The summed E-state index contributed by atoms with van der Waals surface area (Å²) in [5.74, 6) is 0. The molecule has 0 spiro atoms. The second-order valence-electron chi connectivity index (χ2n) is 4.12. The van der Waals surface area contributed by atoms with E-state index in [1.807, 2.05) is 32.0 Å². The summed E-state index contributed by atoms with van der Waals surface area (Å²) < 4.78 is 5.07. The summed E-state index contributed by atoms with van der Waals surface area (Å²) in [6.07, 6.45) is 1.69. The van der Waals surface area contributed by atoms with Gasteiger partial charge in [0.05, 0.1) is 12.8 Å². The molecule has 0 atom stereocenters. The number of hydrogen-bond donors (Lipinski definition) is 1. The highest BCUT2D eigenvalue weighted by atomic mass is 16.5. The molecule has 3 heteroatoms. The van der Waals surface area contributed by atoms with E-state index in [9.17, 15) is 5.11 Å². The number of rotatable bonds is 2. The fourth-order valence-electron chi connectivity index (χ4n) is 1.37. The molecule has 0 amide bonds. The zero-order chi connectivity index (χ0) is 10.2. The summed E-state index contributed by atoms with van der Waals surface area (Å²) >= 11 is 0. The van der Waals surface area contributed by atoms with Crippen LogP contribution in [0.5, 0.6) is 0 Å². The van der Waals surface area contributed by atoms with Gasteiger partial charge in [0.25, 0.3) is 0 Å². The first-order valence-electron chi connectivity index (χ1n) is 4.59. The molecule has 74 valence electrons. The highest BCUT2D eigenvalue weighted by molar-refractivity contribution is 5.76. The number of aromatic nitrogens is 1. The van der Waals surface area contributed by atoms with Crippen LogP contribution in [0.1, 0.15) is 19.4 Å². The van der Waals surface area contributed by atoms with Crippen LogP contribution in [-0.2, 0) is 5.41 Å². The summed E-state index contributed by atoms with van der Waals surface area (Å²) in [5, 5.41) is 13.9. The van der Waals surface area contributed by atoms with Crippen LogP contribution in [0.3, 0.4) is 0 Å². The molecule has 1 heterocycles. The van der Waals surface area contributed by atoms with Gasteiger partial charge in [0, 0.05) is 10.8 Å². The van der Waals surface area contributed by atoms with Crippen molar-refractivity contribution in [2.24, 2.45) is 0 Å². The SMILES string of the molecule is CC(C)(CO)c1ccc2cnoc2c1. The van der Waals surface area contributed by atoms with Gasteiger partial charge in [0.2, 0.25) is 0 Å². The van der Waals surface area contributed by atoms with E-state index >= 15 is 0 Å². The maximum absolute atomic E-state index is 9.22. The quantitative estimate of drug-likeness (QED) is 0.790. The molecular formula is C11H13NO2. The summed E-state index contributed by atoms with van der Waals surface area (Å²) in [7, 11) is 0. The molecule has 0 aliphatic rings. The minimum Gasteiger partial charge on any atom is -0.395 e. The largest absolute Gasteiger partial charge is 0.395 e. The highest BCUT2D eigenvalue weighted by Gasteiger charge is 2.19. The number of hydrogen-bond acceptors (Lipinski definition) is 3. The molecule has 14 heavy (non-hydrogen) atoms. The fourth-order valence-corrected chi connectivity index (χ4v) is 1.37. The first-order chi connectivity index (χ1) is 6.63. The van der Waals surface area contributed by atoms with E-state index in [4.69, 9.17) is 4.52 Å². The lowest BCUT2D eigenvalue weighted by molar-refractivity contribution is 0.218. The third kappa shape index (κ3) is 1.40. The van der Waals surface area contributed by atoms with E-state index < -0.39 is 0 Å². The lowest BCUT2D eigenvalue weighted by Gasteiger charge is -2.21. The maximum atomic E-state index is 9.22. The molecule has 0 aliphatic carbocycles. The minimum atomic E-state index is -0.235. The van der Waals surface area contributed by atoms with E-state index in [2.05, 4.69) is 5.16 Å². The van der Waals surface area contributed by atoms with Gasteiger partial charge in [0.15, 0.2) is 5.58 Å². The zero-order valence-corrected chi connectivity index (χ0v) is 8.32. The number of aliphatic hydroxyl groups is 1. The molecule has 3 nitrogen and oxygen atoms in total. The second kappa shape index (κ2) is 3.10. The van der Waals surface area contributed by atoms with E-state index in [1.54, 1.807) is 6.20 Å². The monoisotopic (exact) mass is 191 g/mol. The summed E-state index contributed by atoms with van der Waals surface area (Å²) in [6.45, 7) is 4.10. The van der Waals surface area contributed by atoms with Gasteiger partial charge in [-0.3, -0.25) is 0 Å². The van der Waals surface area contributed by atoms with Crippen molar-refractivity contribution < 1.29 is 9.63 Å². The average Bonchev–Trinajstić information content (AvgIpc) is 2.64. The van der Waals surface area contributed by atoms with Crippen molar-refractivity contribution in [1.82, 2.24) is 5.16 Å². The number of nitrogens with zero attached hydrogens (tertiary/aromatic N) is 1. The molecule has 0 radical (unpaired) electrons. The van der Waals surface area contributed by atoms with Crippen LogP contribution in [0.15, 0.2) is 28.9 Å². The number of fused-ring (bicyclic) bond motifs is 1. The van der Waals surface area contributed by atoms with Gasteiger partial charge < -0.3 is 9.63 Å². The maximum Gasteiger partial charge on any atom is 0.167 e. The van der Waals surface area contributed by atoms with Gasteiger partial charge in [-0.2, -0.15) is 0 Å². The van der Waals surface area contributed by atoms with Gasteiger partial charge in [0.1, 0.15) is 0 Å². The number of benzene rings is 1. The zero-order valence-electron chi connectivity index (χ0n) is 8.32. The van der Waals surface area contributed by atoms with Gasteiger partial charge in [-0.25, -0.2) is 0 Å². The van der Waals surface area contributed by atoms with Gasteiger partial charge in [-0.1, -0.05) is 25.1 Å². The van der Waals surface area contributed by atoms with Crippen molar-refractivity contribution in [3.05, 3.63) is 30.0 Å². The minimum absolute atomic E-state index is 0.118. The van der Waals surface area contributed by atoms with Crippen molar-refractivity contribution in [1.29, 1.82) is 0 Å². The van der Waals surface area contributed by atoms with Crippen LogP contribution in [0.4, 0.5) is 0 Å². The van der Waals surface area contributed by atoms with Crippen LogP contribution in [0.25, 0.3) is 11.0 Å². The van der Waals surface area contributed by atoms with Crippen LogP contribution >= 0.6 is 0 Å². The molecule has 0 aliphatic heterocycles. The molecule has 2 aromatic rings. The summed E-state index contributed by atoms with van der Waals surface area (Å²) in [4.78, 5) is 0. The molecule has 1 N–H and O–H groups in total.